The van der Waals surface area contributed by atoms with Gasteiger partial charge in [0.25, 0.3) is 0 Å². The number of furan rings is 1. The molecule has 0 amide bonds. The maximum atomic E-state index is 6.49. The molecule has 11 aromatic rings. The van der Waals surface area contributed by atoms with Gasteiger partial charge in [-0.3, -0.25) is 4.99 Å². The van der Waals surface area contributed by atoms with E-state index in [2.05, 4.69) is 191 Å². The molecule has 59 heavy (non-hydrogen) atoms. The van der Waals surface area contributed by atoms with Crippen molar-refractivity contribution in [2.24, 2.45) is 9.98 Å². The second-order valence-electron chi connectivity index (χ2n) is 15.6. The lowest BCUT2D eigenvalue weighted by molar-refractivity contribution is 0.622. The van der Waals surface area contributed by atoms with Crippen LogP contribution in [0.2, 0.25) is 0 Å². The van der Waals surface area contributed by atoms with Crippen LogP contribution < -0.4 is 0 Å². The number of aliphatic imine (C=N–C) groups is 2. The van der Waals surface area contributed by atoms with Gasteiger partial charge < -0.3 is 13.6 Å². The van der Waals surface area contributed by atoms with Crippen LogP contribution in [0.4, 0.5) is 0 Å². The standard InChI is InChI=1S/C54H38N4O/c1-4-16-35(17-5-1)45-26-15-27-46(56-54(55-45)36-18-6-2-7-19-36)37-20-14-23-39(34-37)57-47-28-12-10-24-40(47)41-30-31-43-42-32-33-49-50(44-25-11-13-29-48(44)59-49)51(42)58(53(43)52(41)57)38-21-8-3-9-22-38/h1-14,16-25,28-34,46H,15,26-27H2. The van der Waals surface area contributed by atoms with Crippen molar-refractivity contribution in [3.63, 3.8) is 0 Å². The third-order valence-electron chi connectivity index (χ3n) is 12.1. The smallest absolute Gasteiger partial charge is 0.155 e. The number of nitrogens with zero attached hydrogens (tertiary/aromatic N) is 4. The van der Waals surface area contributed by atoms with E-state index in [1.165, 1.54) is 43.7 Å². The van der Waals surface area contributed by atoms with Gasteiger partial charge >= 0.3 is 0 Å². The first-order valence-corrected chi connectivity index (χ1v) is 20.5. The molecule has 1 atom stereocenters. The van der Waals surface area contributed by atoms with Crippen LogP contribution in [-0.4, -0.2) is 20.7 Å². The average Bonchev–Trinajstić information content (AvgIpc) is 3.95. The molecule has 0 bridgehead atoms. The summed E-state index contributed by atoms with van der Waals surface area (Å²) in [4.78, 5) is 10.8. The number of para-hydroxylation sites is 3. The van der Waals surface area contributed by atoms with E-state index in [0.717, 1.165) is 80.8 Å². The molecule has 5 heteroatoms. The molecule has 5 nitrogen and oxygen atoms in total. The summed E-state index contributed by atoms with van der Waals surface area (Å²) in [5.41, 5.74) is 13.1. The van der Waals surface area contributed by atoms with Crippen molar-refractivity contribution in [3.05, 3.63) is 205 Å². The zero-order chi connectivity index (χ0) is 38.9. The highest BCUT2D eigenvalue weighted by Crippen LogP contribution is 2.45. The van der Waals surface area contributed by atoms with Crippen molar-refractivity contribution in [2.45, 2.75) is 25.3 Å². The van der Waals surface area contributed by atoms with Crippen molar-refractivity contribution in [1.82, 2.24) is 9.13 Å². The van der Waals surface area contributed by atoms with E-state index < -0.39 is 0 Å². The summed E-state index contributed by atoms with van der Waals surface area (Å²) >= 11 is 0. The lowest BCUT2D eigenvalue weighted by Gasteiger charge is -2.20. The van der Waals surface area contributed by atoms with Crippen molar-refractivity contribution in [3.8, 4) is 11.4 Å². The minimum atomic E-state index is -0.0576. The van der Waals surface area contributed by atoms with Crippen LogP contribution in [-0.2, 0) is 0 Å². The monoisotopic (exact) mass is 758 g/mol. The largest absolute Gasteiger partial charge is 0.456 e. The van der Waals surface area contributed by atoms with Gasteiger partial charge in [-0.15, -0.1) is 0 Å². The Balaban J connectivity index is 1.13. The zero-order valence-electron chi connectivity index (χ0n) is 32.3. The first-order valence-electron chi connectivity index (χ1n) is 20.5. The van der Waals surface area contributed by atoms with Crippen LogP contribution >= 0.6 is 0 Å². The molecule has 0 radical (unpaired) electrons. The average molecular weight is 759 g/mol. The highest BCUT2D eigenvalue weighted by molar-refractivity contribution is 6.29. The van der Waals surface area contributed by atoms with Gasteiger partial charge in [-0.2, -0.15) is 0 Å². The number of benzene rings is 8. The Hall–Kier alpha value is -7.50. The molecule has 0 saturated carbocycles. The van der Waals surface area contributed by atoms with E-state index in [-0.39, 0.29) is 6.04 Å². The third-order valence-corrected chi connectivity index (χ3v) is 12.1. The van der Waals surface area contributed by atoms with E-state index in [0.29, 0.717) is 0 Å². The Morgan fingerprint density at radius 1 is 0.475 bits per heavy atom. The second-order valence-corrected chi connectivity index (χ2v) is 15.6. The lowest BCUT2D eigenvalue weighted by Crippen LogP contribution is -2.13. The molecule has 1 unspecified atom stereocenters. The summed E-state index contributed by atoms with van der Waals surface area (Å²) in [7, 11) is 0. The van der Waals surface area contributed by atoms with Crippen LogP contribution in [0.5, 0.6) is 0 Å². The second kappa shape index (κ2) is 13.6. The maximum absolute atomic E-state index is 6.49. The summed E-state index contributed by atoms with van der Waals surface area (Å²) in [5, 5.41) is 7.08. The van der Waals surface area contributed by atoms with Crippen molar-refractivity contribution < 1.29 is 4.42 Å². The van der Waals surface area contributed by atoms with Crippen LogP contribution in [0.3, 0.4) is 0 Å². The molecule has 0 aliphatic carbocycles. The molecule has 0 N–H and O–H groups in total. The normalized spacial score (nSPS) is 14.9. The topological polar surface area (TPSA) is 47.7 Å². The number of aromatic nitrogens is 2. The Kier molecular flexibility index (Phi) is 7.73. The molecule has 3 aromatic heterocycles. The Morgan fingerprint density at radius 2 is 1.10 bits per heavy atom. The zero-order valence-corrected chi connectivity index (χ0v) is 32.3. The third kappa shape index (κ3) is 5.39. The van der Waals surface area contributed by atoms with Gasteiger partial charge in [-0.05, 0) is 78.9 Å². The number of hydrogen-bond acceptors (Lipinski definition) is 3. The number of fused-ring (bicyclic) bond motifs is 11. The first-order chi connectivity index (χ1) is 29.3. The number of amidine groups is 1. The molecule has 4 heterocycles. The van der Waals surface area contributed by atoms with Gasteiger partial charge in [-0.25, -0.2) is 4.99 Å². The summed E-state index contributed by atoms with van der Waals surface area (Å²) in [6.07, 6.45) is 2.79. The maximum Gasteiger partial charge on any atom is 0.155 e. The highest BCUT2D eigenvalue weighted by atomic mass is 16.3. The number of hydrogen-bond donors (Lipinski definition) is 0. The molecule has 1 aliphatic heterocycles. The van der Waals surface area contributed by atoms with Gasteiger partial charge in [0.05, 0.1) is 39.2 Å². The molecular formula is C54H38N4O. The fourth-order valence-electron chi connectivity index (χ4n) is 9.51. The lowest BCUT2D eigenvalue weighted by atomic mass is 9.96. The molecule has 8 aromatic carbocycles. The fourth-order valence-corrected chi connectivity index (χ4v) is 9.51. The van der Waals surface area contributed by atoms with E-state index in [4.69, 9.17) is 14.4 Å². The molecule has 1 aliphatic rings. The molecule has 0 spiro atoms. The van der Waals surface area contributed by atoms with E-state index in [9.17, 15) is 0 Å². The summed E-state index contributed by atoms with van der Waals surface area (Å²) in [5.74, 6) is 0.781. The van der Waals surface area contributed by atoms with Gasteiger partial charge in [0.1, 0.15) is 11.2 Å². The van der Waals surface area contributed by atoms with Crippen LogP contribution in [0, 0.1) is 0 Å². The van der Waals surface area contributed by atoms with Gasteiger partial charge in [0.2, 0.25) is 0 Å². The summed E-state index contributed by atoms with van der Waals surface area (Å²) in [6, 6.07) is 67.0. The van der Waals surface area contributed by atoms with Gasteiger partial charge in [0, 0.05) is 43.9 Å². The number of rotatable bonds is 5. The fraction of sp³-hybridized carbons (Fsp3) is 0.0741. The van der Waals surface area contributed by atoms with Crippen LogP contribution in [0.15, 0.2) is 202 Å². The SMILES string of the molecule is c1ccc(C2=NC(c3ccccc3)=NC(c3cccc(-n4c5ccccc5c5ccc6c7ccc8oc9ccccc9c8c7n(-c7ccccc7)c6c54)c3)CCC2)cc1. The van der Waals surface area contributed by atoms with Gasteiger partial charge in [-0.1, -0.05) is 140 Å². The van der Waals surface area contributed by atoms with Crippen LogP contribution in [0.1, 0.15) is 42.0 Å². The van der Waals surface area contributed by atoms with E-state index in [1.54, 1.807) is 0 Å². The molecule has 0 saturated heterocycles. The molecular weight excluding hydrogens is 721 g/mol. The predicted octanol–water partition coefficient (Wildman–Crippen LogP) is 13.9. The molecule has 12 rings (SSSR count). The quantitative estimate of drug-likeness (QED) is 0.172. The molecule has 0 fully saturated rings. The minimum Gasteiger partial charge on any atom is -0.456 e. The van der Waals surface area contributed by atoms with Crippen molar-refractivity contribution in [2.75, 3.05) is 0 Å². The van der Waals surface area contributed by atoms with E-state index in [1.807, 2.05) is 6.07 Å². The Labute approximate surface area is 340 Å². The van der Waals surface area contributed by atoms with Crippen LogP contribution in [0.25, 0.3) is 76.9 Å². The van der Waals surface area contributed by atoms with Crippen molar-refractivity contribution in [1.29, 1.82) is 0 Å². The Bertz CT molecular complexity index is 3460. The predicted molar refractivity (Wildman–Crippen MR) is 245 cm³/mol. The minimum absolute atomic E-state index is 0.0576. The Morgan fingerprint density at radius 3 is 1.92 bits per heavy atom. The summed E-state index contributed by atoms with van der Waals surface area (Å²) in [6.45, 7) is 0. The first kappa shape index (κ1) is 33.6. The summed E-state index contributed by atoms with van der Waals surface area (Å²) < 4.78 is 11.4. The van der Waals surface area contributed by atoms with Gasteiger partial charge in [0.15, 0.2) is 5.84 Å². The highest BCUT2D eigenvalue weighted by Gasteiger charge is 2.25. The molecule has 280 valence electrons. The van der Waals surface area contributed by atoms with E-state index >= 15 is 0 Å². The van der Waals surface area contributed by atoms with Crippen molar-refractivity contribution >= 4 is 77.1 Å².